The first-order chi connectivity index (χ1) is 8.70. The summed E-state index contributed by atoms with van der Waals surface area (Å²) in [6.07, 6.45) is 7.13. The molecule has 100 valence electrons. The topological polar surface area (TPSA) is 20.2 Å². The summed E-state index contributed by atoms with van der Waals surface area (Å²) in [6.45, 7) is 2.25. The summed E-state index contributed by atoms with van der Waals surface area (Å²) >= 11 is 6.00. The second kappa shape index (κ2) is 6.58. The molecule has 3 atom stereocenters. The molecule has 2 rings (SSSR count). The standard InChI is InChI=1S/C16H23ClO/c1-2-5-12-6-3-7-13(10-12)16(18)14-8-4-9-15(17)11-14/h4,8-9,11-13,16,18H,2-3,5-7,10H2,1H3/t12-,13-,16+/m0/s1. The zero-order valence-electron chi connectivity index (χ0n) is 11.1. The van der Waals surface area contributed by atoms with E-state index >= 15 is 0 Å². The van der Waals surface area contributed by atoms with E-state index in [4.69, 9.17) is 11.6 Å². The van der Waals surface area contributed by atoms with Crippen molar-refractivity contribution >= 4 is 11.6 Å². The number of benzene rings is 1. The minimum atomic E-state index is -0.344. The molecule has 0 heterocycles. The van der Waals surface area contributed by atoms with Gasteiger partial charge in [0.05, 0.1) is 6.10 Å². The molecular formula is C16H23ClO. The van der Waals surface area contributed by atoms with Crippen LogP contribution >= 0.6 is 11.6 Å². The SMILES string of the molecule is CCC[C@H]1CCC[C@H]([C@@H](O)c2cccc(Cl)c2)C1. The zero-order chi connectivity index (χ0) is 13.0. The lowest BCUT2D eigenvalue weighted by Gasteiger charge is -2.32. The summed E-state index contributed by atoms with van der Waals surface area (Å²) in [6, 6.07) is 7.67. The first-order valence-corrected chi connectivity index (χ1v) is 7.52. The van der Waals surface area contributed by atoms with E-state index in [1.807, 2.05) is 24.3 Å². The Kier molecular flexibility index (Phi) is 5.08. The average molecular weight is 267 g/mol. The molecule has 0 bridgehead atoms. The lowest BCUT2D eigenvalue weighted by molar-refractivity contribution is 0.0668. The highest BCUT2D eigenvalue weighted by Gasteiger charge is 2.27. The molecule has 2 heteroatoms. The largest absolute Gasteiger partial charge is 0.388 e. The molecule has 1 saturated carbocycles. The van der Waals surface area contributed by atoms with E-state index in [1.54, 1.807) is 0 Å². The van der Waals surface area contributed by atoms with Crippen LogP contribution in [0.2, 0.25) is 5.02 Å². The van der Waals surface area contributed by atoms with Crippen LogP contribution in [0.15, 0.2) is 24.3 Å². The van der Waals surface area contributed by atoms with Crippen LogP contribution in [-0.4, -0.2) is 5.11 Å². The van der Waals surface area contributed by atoms with Crippen molar-refractivity contribution in [2.75, 3.05) is 0 Å². The van der Waals surface area contributed by atoms with Crippen LogP contribution in [-0.2, 0) is 0 Å². The fourth-order valence-electron chi connectivity index (χ4n) is 3.25. The molecule has 1 N–H and O–H groups in total. The van der Waals surface area contributed by atoms with Crippen LogP contribution in [0.25, 0.3) is 0 Å². The first-order valence-electron chi connectivity index (χ1n) is 7.14. The van der Waals surface area contributed by atoms with Gasteiger partial charge in [-0.25, -0.2) is 0 Å². The van der Waals surface area contributed by atoms with E-state index < -0.39 is 0 Å². The Morgan fingerprint density at radius 2 is 2.22 bits per heavy atom. The van der Waals surface area contributed by atoms with Gasteiger partial charge in [0.2, 0.25) is 0 Å². The minimum absolute atomic E-state index is 0.344. The number of rotatable bonds is 4. The summed E-state index contributed by atoms with van der Waals surface area (Å²) in [7, 11) is 0. The van der Waals surface area contributed by atoms with Gasteiger partial charge in [0.1, 0.15) is 0 Å². The highest BCUT2D eigenvalue weighted by molar-refractivity contribution is 6.30. The Morgan fingerprint density at radius 1 is 1.39 bits per heavy atom. The lowest BCUT2D eigenvalue weighted by atomic mass is 9.76. The molecule has 0 unspecified atom stereocenters. The second-order valence-electron chi connectivity index (χ2n) is 5.58. The monoisotopic (exact) mass is 266 g/mol. The normalized spacial score (nSPS) is 25.9. The van der Waals surface area contributed by atoms with Gasteiger partial charge in [0.15, 0.2) is 0 Å². The van der Waals surface area contributed by atoms with Crippen molar-refractivity contribution in [1.82, 2.24) is 0 Å². The molecule has 1 aliphatic carbocycles. The van der Waals surface area contributed by atoms with Gasteiger partial charge in [-0.3, -0.25) is 0 Å². The smallest absolute Gasteiger partial charge is 0.0818 e. The fraction of sp³-hybridized carbons (Fsp3) is 0.625. The van der Waals surface area contributed by atoms with E-state index in [0.29, 0.717) is 10.9 Å². The minimum Gasteiger partial charge on any atom is -0.388 e. The summed E-state index contributed by atoms with van der Waals surface area (Å²) in [5, 5.41) is 11.2. The third-order valence-electron chi connectivity index (χ3n) is 4.16. The summed E-state index contributed by atoms with van der Waals surface area (Å²) in [5.41, 5.74) is 0.977. The molecule has 0 radical (unpaired) electrons. The van der Waals surface area contributed by atoms with E-state index in [1.165, 1.54) is 32.1 Å². The molecule has 1 fully saturated rings. The molecule has 1 aromatic rings. The maximum Gasteiger partial charge on any atom is 0.0818 e. The Morgan fingerprint density at radius 3 is 2.94 bits per heavy atom. The predicted molar refractivity (Wildman–Crippen MR) is 76.8 cm³/mol. The number of hydrogen-bond acceptors (Lipinski definition) is 1. The van der Waals surface area contributed by atoms with Crippen molar-refractivity contribution in [3.8, 4) is 0 Å². The maximum atomic E-state index is 10.5. The van der Waals surface area contributed by atoms with Crippen LogP contribution in [0.5, 0.6) is 0 Å². The highest BCUT2D eigenvalue weighted by atomic mass is 35.5. The van der Waals surface area contributed by atoms with Gasteiger partial charge in [-0.05, 0) is 42.4 Å². The number of aliphatic hydroxyl groups excluding tert-OH is 1. The third-order valence-corrected chi connectivity index (χ3v) is 4.39. The van der Waals surface area contributed by atoms with Crippen molar-refractivity contribution in [2.24, 2.45) is 11.8 Å². The molecule has 0 aliphatic heterocycles. The first kappa shape index (κ1) is 13.9. The van der Waals surface area contributed by atoms with Crippen molar-refractivity contribution in [3.05, 3.63) is 34.9 Å². The van der Waals surface area contributed by atoms with Gasteiger partial charge >= 0.3 is 0 Å². The number of halogens is 1. The van der Waals surface area contributed by atoms with E-state index in [9.17, 15) is 5.11 Å². The number of hydrogen-bond donors (Lipinski definition) is 1. The van der Waals surface area contributed by atoms with Gasteiger partial charge in [0.25, 0.3) is 0 Å². The van der Waals surface area contributed by atoms with Gasteiger partial charge in [-0.1, -0.05) is 56.3 Å². The molecule has 0 spiro atoms. The van der Waals surface area contributed by atoms with E-state index in [2.05, 4.69) is 6.92 Å². The maximum absolute atomic E-state index is 10.5. The molecule has 0 saturated heterocycles. The zero-order valence-corrected chi connectivity index (χ0v) is 11.9. The molecule has 18 heavy (non-hydrogen) atoms. The van der Waals surface area contributed by atoms with Crippen LogP contribution in [0.1, 0.15) is 57.1 Å². The van der Waals surface area contributed by atoms with Gasteiger partial charge in [-0.2, -0.15) is 0 Å². The van der Waals surface area contributed by atoms with Crippen LogP contribution in [0.3, 0.4) is 0 Å². The van der Waals surface area contributed by atoms with Crippen molar-refractivity contribution < 1.29 is 5.11 Å². The van der Waals surface area contributed by atoms with Gasteiger partial charge < -0.3 is 5.11 Å². The molecule has 0 aromatic heterocycles. The highest BCUT2D eigenvalue weighted by Crippen LogP contribution is 2.39. The lowest BCUT2D eigenvalue weighted by Crippen LogP contribution is -2.21. The van der Waals surface area contributed by atoms with Crippen LogP contribution in [0, 0.1) is 11.8 Å². The van der Waals surface area contributed by atoms with Gasteiger partial charge in [-0.15, -0.1) is 0 Å². The van der Waals surface area contributed by atoms with Crippen molar-refractivity contribution in [2.45, 2.75) is 51.6 Å². The summed E-state index contributed by atoms with van der Waals surface area (Å²) in [4.78, 5) is 0. The van der Waals surface area contributed by atoms with E-state index in [-0.39, 0.29) is 6.10 Å². The molecular weight excluding hydrogens is 244 g/mol. The fourth-order valence-corrected chi connectivity index (χ4v) is 3.45. The van der Waals surface area contributed by atoms with E-state index in [0.717, 1.165) is 17.9 Å². The second-order valence-corrected chi connectivity index (χ2v) is 6.02. The Bertz CT molecular complexity index is 375. The van der Waals surface area contributed by atoms with Crippen LogP contribution in [0.4, 0.5) is 0 Å². The van der Waals surface area contributed by atoms with Gasteiger partial charge in [0, 0.05) is 5.02 Å². The average Bonchev–Trinajstić information content (AvgIpc) is 2.39. The Labute approximate surface area is 115 Å². The molecule has 1 aliphatic rings. The number of aliphatic hydroxyl groups is 1. The van der Waals surface area contributed by atoms with Crippen molar-refractivity contribution in [1.29, 1.82) is 0 Å². The Balaban J connectivity index is 2.02. The third kappa shape index (κ3) is 3.49. The predicted octanol–water partition coefficient (Wildman–Crippen LogP) is 4.98. The summed E-state index contributed by atoms with van der Waals surface area (Å²) < 4.78 is 0. The van der Waals surface area contributed by atoms with Crippen molar-refractivity contribution in [3.63, 3.8) is 0 Å². The molecule has 1 nitrogen and oxygen atoms in total. The quantitative estimate of drug-likeness (QED) is 0.815. The van der Waals surface area contributed by atoms with Crippen LogP contribution < -0.4 is 0 Å². The molecule has 0 amide bonds. The Hall–Kier alpha value is -0.530. The summed E-state index contributed by atoms with van der Waals surface area (Å²) in [5.74, 6) is 1.22. The molecule has 1 aromatic carbocycles.